The number of nitrogens with two attached hydrogens (primary N) is 1. The summed E-state index contributed by atoms with van der Waals surface area (Å²) in [6.07, 6.45) is 5.15. The number of rotatable bonds is 4. The zero-order valence-corrected chi connectivity index (χ0v) is 14.8. The van der Waals surface area contributed by atoms with Crippen molar-refractivity contribution in [2.24, 2.45) is 0 Å². The van der Waals surface area contributed by atoms with E-state index in [-0.39, 0.29) is 18.2 Å². The van der Waals surface area contributed by atoms with Crippen LogP contribution in [0.25, 0.3) is 16.9 Å². The number of hydrogen-bond donors (Lipinski definition) is 3. The van der Waals surface area contributed by atoms with E-state index in [0.29, 0.717) is 27.7 Å². The molecule has 0 aliphatic heterocycles. The third-order valence-electron chi connectivity index (χ3n) is 3.70. The second-order valence-corrected chi connectivity index (χ2v) is 5.95. The number of amides is 2. The molecule has 3 aromatic rings. The number of aromatic nitrogens is 2. The van der Waals surface area contributed by atoms with Gasteiger partial charge in [-0.1, -0.05) is 29.7 Å². The van der Waals surface area contributed by atoms with Gasteiger partial charge in [0.15, 0.2) is 5.82 Å². The number of benzene rings is 2. The van der Waals surface area contributed by atoms with Crippen LogP contribution in [-0.2, 0) is 0 Å². The fraction of sp³-hybridized carbons (Fsp3) is 0.0526. The van der Waals surface area contributed by atoms with Crippen LogP contribution in [0.5, 0.6) is 0 Å². The first-order chi connectivity index (χ1) is 13.0. The molecule has 0 saturated carbocycles. The number of anilines is 2. The second-order valence-electron chi connectivity index (χ2n) is 5.52. The van der Waals surface area contributed by atoms with Crippen molar-refractivity contribution in [1.82, 2.24) is 15.1 Å². The third kappa shape index (κ3) is 4.02. The minimum Gasteiger partial charge on any atom is -0.382 e. The van der Waals surface area contributed by atoms with Crippen LogP contribution in [0, 0.1) is 18.2 Å². The minimum atomic E-state index is -0.520. The van der Waals surface area contributed by atoms with Crippen molar-refractivity contribution in [1.29, 1.82) is 0 Å². The second kappa shape index (κ2) is 7.81. The summed E-state index contributed by atoms with van der Waals surface area (Å²) in [6, 6.07) is 12.1. The predicted molar refractivity (Wildman–Crippen MR) is 104 cm³/mol. The van der Waals surface area contributed by atoms with E-state index in [1.54, 1.807) is 24.3 Å². The molecule has 0 radical (unpaired) electrons. The molecule has 27 heavy (non-hydrogen) atoms. The van der Waals surface area contributed by atoms with Gasteiger partial charge in [0.2, 0.25) is 0 Å². The van der Waals surface area contributed by atoms with E-state index in [1.807, 2.05) is 0 Å². The summed E-state index contributed by atoms with van der Waals surface area (Å²) < 4.78 is 14.6. The molecule has 136 valence electrons. The molecule has 1 aromatic heterocycles. The molecule has 8 heteroatoms. The number of nitrogen functional groups attached to an aromatic ring is 1. The monoisotopic (exact) mass is 383 g/mol. The quantitative estimate of drug-likeness (QED) is 0.601. The van der Waals surface area contributed by atoms with Gasteiger partial charge in [-0.3, -0.25) is 0 Å². The molecule has 3 rings (SSSR count). The highest BCUT2D eigenvalue weighted by molar-refractivity contribution is 6.30. The van der Waals surface area contributed by atoms with Crippen molar-refractivity contribution in [3.8, 4) is 29.3 Å². The van der Waals surface area contributed by atoms with Gasteiger partial charge in [0.1, 0.15) is 17.2 Å². The molecule has 6 nitrogen and oxygen atoms in total. The molecule has 0 aliphatic rings. The van der Waals surface area contributed by atoms with Crippen LogP contribution in [0.1, 0.15) is 0 Å². The Kier molecular flexibility index (Phi) is 5.29. The summed E-state index contributed by atoms with van der Waals surface area (Å²) in [4.78, 5) is 12.1. The Morgan fingerprint density at radius 3 is 2.52 bits per heavy atom. The van der Waals surface area contributed by atoms with Crippen LogP contribution in [-0.4, -0.2) is 22.4 Å². The Labute approximate surface area is 160 Å². The molecule has 1 heterocycles. The standard InChI is InChI=1S/C19H15ClFN5O/c1-2-11-23-19(27)24-17-16(12-3-5-13(20)6-4-12)25-26(18(17)22)15-9-7-14(21)8-10-15/h1,3-10H,11,22H2,(H2,23,24,27). The highest BCUT2D eigenvalue weighted by Gasteiger charge is 2.20. The van der Waals surface area contributed by atoms with Gasteiger partial charge in [-0.2, -0.15) is 5.10 Å². The van der Waals surface area contributed by atoms with E-state index in [9.17, 15) is 9.18 Å². The lowest BCUT2D eigenvalue weighted by atomic mass is 10.1. The summed E-state index contributed by atoms with van der Waals surface area (Å²) in [5, 5.41) is 10.2. The molecule has 0 unspecified atom stereocenters. The van der Waals surface area contributed by atoms with Crippen LogP contribution in [0.3, 0.4) is 0 Å². The van der Waals surface area contributed by atoms with Gasteiger partial charge < -0.3 is 16.4 Å². The van der Waals surface area contributed by atoms with Gasteiger partial charge in [-0.05, 0) is 36.4 Å². The molecule has 0 saturated heterocycles. The maximum atomic E-state index is 13.2. The SMILES string of the molecule is C#CCNC(=O)Nc1c(-c2ccc(Cl)cc2)nn(-c2ccc(F)cc2)c1N. The van der Waals surface area contributed by atoms with Crippen molar-refractivity contribution in [3.05, 3.63) is 59.4 Å². The van der Waals surface area contributed by atoms with Gasteiger partial charge in [-0.25, -0.2) is 13.9 Å². The number of terminal acetylenes is 1. The van der Waals surface area contributed by atoms with Crippen molar-refractivity contribution < 1.29 is 9.18 Å². The van der Waals surface area contributed by atoms with E-state index in [2.05, 4.69) is 21.7 Å². The molecule has 0 bridgehead atoms. The van der Waals surface area contributed by atoms with E-state index in [1.165, 1.54) is 28.9 Å². The number of hydrogen-bond acceptors (Lipinski definition) is 3. The fourth-order valence-corrected chi connectivity index (χ4v) is 2.56. The molecule has 0 fully saturated rings. The normalized spacial score (nSPS) is 10.3. The smallest absolute Gasteiger partial charge is 0.320 e. The fourth-order valence-electron chi connectivity index (χ4n) is 2.43. The number of nitrogens with zero attached hydrogens (tertiary/aromatic N) is 2. The molecule has 0 aliphatic carbocycles. The Bertz CT molecular complexity index is 1010. The van der Waals surface area contributed by atoms with E-state index in [4.69, 9.17) is 23.8 Å². The summed E-state index contributed by atoms with van der Waals surface area (Å²) in [6.45, 7) is 0.0636. The lowest BCUT2D eigenvalue weighted by molar-refractivity contribution is 0.253. The van der Waals surface area contributed by atoms with Crippen molar-refractivity contribution in [3.63, 3.8) is 0 Å². The maximum absolute atomic E-state index is 13.2. The zero-order chi connectivity index (χ0) is 19.4. The van der Waals surface area contributed by atoms with Crippen LogP contribution < -0.4 is 16.4 Å². The Morgan fingerprint density at radius 1 is 1.22 bits per heavy atom. The predicted octanol–water partition coefficient (Wildman–Crippen LogP) is 3.67. The first-order valence-electron chi connectivity index (χ1n) is 7.88. The maximum Gasteiger partial charge on any atom is 0.320 e. The highest BCUT2D eigenvalue weighted by atomic mass is 35.5. The zero-order valence-electron chi connectivity index (χ0n) is 14.0. The van der Waals surface area contributed by atoms with Crippen LogP contribution >= 0.6 is 11.6 Å². The van der Waals surface area contributed by atoms with E-state index >= 15 is 0 Å². The molecule has 2 aromatic carbocycles. The van der Waals surface area contributed by atoms with Gasteiger partial charge >= 0.3 is 6.03 Å². The van der Waals surface area contributed by atoms with Crippen LogP contribution in [0.4, 0.5) is 20.7 Å². The van der Waals surface area contributed by atoms with Crippen molar-refractivity contribution >= 4 is 29.1 Å². The Balaban J connectivity index is 2.08. The highest BCUT2D eigenvalue weighted by Crippen LogP contribution is 2.34. The van der Waals surface area contributed by atoms with Crippen LogP contribution in [0.2, 0.25) is 5.02 Å². The Hall–Kier alpha value is -3.50. The summed E-state index contributed by atoms with van der Waals surface area (Å²) >= 11 is 5.94. The molecule has 2 amide bonds. The first kappa shape index (κ1) is 18.3. The molecule has 0 atom stereocenters. The van der Waals surface area contributed by atoms with Crippen molar-refractivity contribution in [2.75, 3.05) is 17.6 Å². The first-order valence-corrected chi connectivity index (χ1v) is 8.26. The van der Waals surface area contributed by atoms with E-state index < -0.39 is 6.03 Å². The molecular formula is C19H15ClFN5O. The van der Waals surface area contributed by atoms with Gasteiger partial charge in [-0.15, -0.1) is 6.42 Å². The topological polar surface area (TPSA) is 85.0 Å². The summed E-state index contributed by atoms with van der Waals surface area (Å²) in [7, 11) is 0. The minimum absolute atomic E-state index is 0.0636. The number of nitrogens with one attached hydrogen (secondary N) is 2. The molecular weight excluding hydrogens is 369 g/mol. The molecule has 0 spiro atoms. The number of carbonyl (C=O) groups excluding carboxylic acids is 1. The lowest BCUT2D eigenvalue weighted by Gasteiger charge is -2.08. The lowest BCUT2D eigenvalue weighted by Crippen LogP contribution is -2.29. The Morgan fingerprint density at radius 2 is 1.89 bits per heavy atom. The molecule has 4 N–H and O–H groups in total. The van der Waals surface area contributed by atoms with Crippen LogP contribution in [0.15, 0.2) is 48.5 Å². The van der Waals surface area contributed by atoms with E-state index in [0.717, 1.165) is 0 Å². The number of urea groups is 1. The van der Waals surface area contributed by atoms with Gasteiger partial charge in [0, 0.05) is 10.6 Å². The average Bonchev–Trinajstić information content (AvgIpc) is 2.98. The van der Waals surface area contributed by atoms with Gasteiger partial charge in [0.05, 0.1) is 12.2 Å². The number of carbonyl (C=O) groups is 1. The third-order valence-corrected chi connectivity index (χ3v) is 3.95. The largest absolute Gasteiger partial charge is 0.382 e. The van der Waals surface area contributed by atoms with Crippen molar-refractivity contribution in [2.45, 2.75) is 0 Å². The summed E-state index contributed by atoms with van der Waals surface area (Å²) in [5.41, 5.74) is 8.19. The number of halogens is 2. The van der Waals surface area contributed by atoms with Gasteiger partial charge in [0.25, 0.3) is 0 Å². The summed E-state index contributed by atoms with van der Waals surface area (Å²) in [5.74, 6) is 2.12. The average molecular weight is 384 g/mol.